The van der Waals surface area contributed by atoms with Crippen LogP contribution in [0.1, 0.15) is 25.7 Å². The fourth-order valence-corrected chi connectivity index (χ4v) is 4.60. The van der Waals surface area contributed by atoms with Crippen LogP contribution < -0.4 is 4.72 Å². The van der Waals surface area contributed by atoms with Crippen molar-refractivity contribution in [2.75, 3.05) is 12.4 Å². The van der Waals surface area contributed by atoms with E-state index < -0.39 is 10.0 Å². The van der Waals surface area contributed by atoms with Gasteiger partial charge in [0.15, 0.2) is 0 Å². The van der Waals surface area contributed by atoms with Crippen LogP contribution in [0.3, 0.4) is 0 Å². The van der Waals surface area contributed by atoms with Crippen molar-refractivity contribution in [2.45, 2.75) is 30.6 Å². The third-order valence-corrected chi connectivity index (χ3v) is 6.01. The first-order valence-electron chi connectivity index (χ1n) is 6.69. The third kappa shape index (κ3) is 4.16. The van der Waals surface area contributed by atoms with E-state index in [9.17, 15) is 8.42 Å². The molecule has 1 fully saturated rings. The van der Waals surface area contributed by atoms with Gasteiger partial charge in [0, 0.05) is 29.3 Å². The van der Waals surface area contributed by atoms with Crippen molar-refractivity contribution in [1.29, 1.82) is 0 Å². The Morgan fingerprint density at radius 2 is 2.00 bits per heavy atom. The van der Waals surface area contributed by atoms with Gasteiger partial charge in [-0.05, 0) is 46.7 Å². The average molecular weight is 382 g/mol. The van der Waals surface area contributed by atoms with Crippen LogP contribution in [0.4, 0.5) is 0 Å². The van der Waals surface area contributed by atoms with Gasteiger partial charge in [0.25, 0.3) is 0 Å². The molecular formula is C13H18BrClN2O2S. The van der Waals surface area contributed by atoms with E-state index in [1.54, 1.807) is 12.3 Å². The lowest BCUT2D eigenvalue weighted by atomic mass is 9.80. The lowest BCUT2D eigenvalue weighted by Crippen LogP contribution is -2.34. The Balaban J connectivity index is 2.02. The number of rotatable bonds is 5. The van der Waals surface area contributed by atoms with E-state index >= 15 is 0 Å². The number of nitrogens with zero attached hydrogens (tertiary/aromatic N) is 1. The molecule has 1 aliphatic rings. The highest BCUT2D eigenvalue weighted by atomic mass is 79.9. The molecule has 112 valence electrons. The number of hydrogen-bond acceptors (Lipinski definition) is 3. The monoisotopic (exact) mass is 380 g/mol. The van der Waals surface area contributed by atoms with E-state index in [0.29, 0.717) is 28.7 Å². The summed E-state index contributed by atoms with van der Waals surface area (Å²) in [5.74, 6) is 1.34. The van der Waals surface area contributed by atoms with Crippen molar-refractivity contribution < 1.29 is 8.42 Å². The largest absolute Gasteiger partial charge is 0.262 e. The number of nitrogens with one attached hydrogen (secondary N) is 1. The number of pyridine rings is 1. The first kappa shape index (κ1) is 16.2. The quantitative estimate of drug-likeness (QED) is 0.797. The van der Waals surface area contributed by atoms with Crippen molar-refractivity contribution in [3.05, 3.63) is 22.9 Å². The molecular weight excluding hydrogens is 364 g/mol. The maximum absolute atomic E-state index is 12.2. The summed E-state index contributed by atoms with van der Waals surface area (Å²) in [5, 5.41) is 0. The summed E-state index contributed by atoms with van der Waals surface area (Å²) in [5.41, 5.74) is 0. The molecule has 0 bridgehead atoms. The van der Waals surface area contributed by atoms with Crippen LogP contribution in [-0.2, 0) is 10.0 Å². The summed E-state index contributed by atoms with van der Waals surface area (Å²) in [4.78, 5) is 4.07. The van der Waals surface area contributed by atoms with Gasteiger partial charge >= 0.3 is 0 Å². The van der Waals surface area contributed by atoms with Crippen molar-refractivity contribution >= 4 is 37.6 Å². The van der Waals surface area contributed by atoms with Gasteiger partial charge in [0.1, 0.15) is 4.90 Å². The molecule has 0 radical (unpaired) electrons. The van der Waals surface area contributed by atoms with Crippen LogP contribution in [0.25, 0.3) is 0 Å². The molecule has 1 heterocycles. The molecule has 1 aromatic heterocycles. The summed E-state index contributed by atoms with van der Waals surface area (Å²) in [6, 6.07) is 1.55. The number of aromatic nitrogens is 1. The van der Waals surface area contributed by atoms with Crippen LogP contribution in [0.5, 0.6) is 0 Å². The second-order valence-corrected chi connectivity index (χ2v) is 8.14. The van der Waals surface area contributed by atoms with Crippen molar-refractivity contribution in [1.82, 2.24) is 9.71 Å². The molecule has 2 unspecified atom stereocenters. The molecule has 1 saturated carbocycles. The molecule has 0 aliphatic heterocycles. The molecule has 7 heteroatoms. The van der Waals surface area contributed by atoms with E-state index in [0.717, 1.165) is 19.3 Å². The Kier molecular flexibility index (Phi) is 5.84. The zero-order valence-electron chi connectivity index (χ0n) is 11.1. The molecule has 0 saturated heterocycles. The topological polar surface area (TPSA) is 59.1 Å². The van der Waals surface area contributed by atoms with Gasteiger partial charge in [-0.2, -0.15) is 0 Å². The Morgan fingerprint density at radius 3 is 2.65 bits per heavy atom. The van der Waals surface area contributed by atoms with Gasteiger partial charge < -0.3 is 0 Å². The molecule has 1 N–H and O–H groups in total. The molecule has 20 heavy (non-hydrogen) atoms. The van der Waals surface area contributed by atoms with E-state index in [-0.39, 0.29) is 4.90 Å². The van der Waals surface area contributed by atoms with Crippen LogP contribution in [0.15, 0.2) is 27.8 Å². The SMILES string of the molecule is O=S(=O)(NCC1CCCCC1CCl)c1cncc(Br)c1. The normalized spacial score (nSPS) is 23.7. The van der Waals surface area contributed by atoms with Crippen LogP contribution >= 0.6 is 27.5 Å². The van der Waals surface area contributed by atoms with E-state index in [4.69, 9.17) is 11.6 Å². The summed E-state index contributed by atoms with van der Waals surface area (Å²) in [7, 11) is -3.50. The maximum atomic E-state index is 12.2. The van der Waals surface area contributed by atoms with Gasteiger partial charge in [0.05, 0.1) is 0 Å². The van der Waals surface area contributed by atoms with Crippen LogP contribution in [-0.4, -0.2) is 25.8 Å². The number of hydrogen-bond donors (Lipinski definition) is 1. The Morgan fingerprint density at radius 1 is 1.30 bits per heavy atom. The summed E-state index contributed by atoms with van der Waals surface area (Å²) in [6.45, 7) is 0.451. The van der Waals surface area contributed by atoms with Crippen LogP contribution in [0, 0.1) is 11.8 Å². The fourth-order valence-electron chi connectivity index (χ4n) is 2.60. The van der Waals surface area contributed by atoms with Gasteiger partial charge in [-0.1, -0.05) is 12.8 Å². The van der Waals surface area contributed by atoms with Gasteiger partial charge in [-0.25, -0.2) is 13.1 Å². The molecule has 0 spiro atoms. The zero-order valence-corrected chi connectivity index (χ0v) is 14.2. The standard InChI is InChI=1S/C13H18BrClN2O2S/c14-12-5-13(9-16-8-12)20(18,19)17-7-11-4-2-1-3-10(11)6-15/h5,8-11,17H,1-4,6-7H2. The third-order valence-electron chi connectivity index (χ3n) is 3.79. The summed E-state index contributed by atoms with van der Waals surface area (Å²) in [6.07, 6.45) is 7.38. The number of sulfonamides is 1. The Bertz CT molecular complexity index is 553. The van der Waals surface area contributed by atoms with Crippen molar-refractivity contribution in [3.63, 3.8) is 0 Å². The lowest BCUT2D eigenvalue weighted by Gasteiger charge is -2.30. The molecule has 2 rings (SSSR count). The maximum Gasteiger partial charge on any atom is 0.242 e. The number of halogens is 2. The fraction of sp³-hybridized carbons (Fsp3) is 0.615. The highest BCUT2D eigenvalue weighted by Gasteiger charge is 2.26. The minimum Gasteiger partial charge on any atom is -0.262 e. The molecule has 4 nitrogen and oxygen atoms in total. The first-order chi connectivity index (χ1) is 9.53. The smallest absolute Gasteiger partial charge is 0.242 e. The van der Waals surface area contributed by atoms with Gasteiger partial charge in [-0.3, -0.25) is 4.98 Å². The Labute approximate surface area is 133 Å². The lowest BCUT2D eigenvalue weighted by molar-refractivity contribution is 0.260. The second kappa shape index (κ2) is 7.20. The minimum absolute atomic E-state index is 0.185. The summed E-state index contributed by atoms with van der Waals surface area (Å²) >= 11 is 9.20. The average Bonchev–Trinajstić information content (AvgIpc) is 2.45. The molecule has 1 aliphatic carbocycles. The van der Waals surface area contributed by atoms with Crippen LogP contribution in [0.2, 0.25) is 0 Å². The zero-order chi connectivity index (χ0) is 14.6. The molecule has 0 amide bonds. The molecule has 2 atom stereocenters. The summed E-state index contributed by atoms with van der Waals surface area (Å²) < 4.78 is 27.8. The van der Waals surface area contributed by atoms with Crippen molar-refractivity contribution in [2.24, 2.45) is 11.8 Å². The minimum atomic E-state index is -3.50. The predicted octanol–water partition coefficient (Wildman–Crippen LogP) is 3.17. The molecule has 0 aromatic carbocycles. The predicted molar refractivity (Wildman–Crippen MR) is 83.3 cm³/mol. The Hall–Kier alpha value is -0.170. The van der Waals surface area contributed by atoms with E-state index in [1.807, 2.05) is 0 Å². The van der Waals surface area contributed by atoms with E-state index in [2.05, 4.69) is 25.6 Å². The van der Waals surface area contributed by atoms with Gasteiger partial charge in [0.2, 0.25) is 10.0 Å². The van der Waals surface area contributed by atoms with Gasteiger partial charge in [-0.15, -0.1) is 11.6 Å². The first-order valence-corrected chi connectivity index (χ1v) is 9.50. The number of alkyl halides is 1. The highest BCUT2D eigenvalue weighted by molar-refractivity contribution is 9.10. The van der Waals surface area contributed by atoms with Crippen molar-refractivity contribution in [3.8, 4) is 0 Å². The van der Waals surface area contributed by atoms with E-state index in [1.165, 1.54) is 12.6 Å². The second-order valence-electron chi connectivity index (χ2n) is 5.15. The molecule has 1 aromatic rings. The highest BCUT2D eigenvalue weighted by Crippen LogP contribution is 2.30.